The first kappa shape index (κ1) is 9.79. The molecule has 1 N–H and O–H groups in total. The molecule has 13 heavy (non-hydrogen) atoms. The SMILES string of the molecule is CC#CCNOCc1ccccc1. The van der Waals surface area contributed by atoms with Gasteiger partial charge < -0.3 is 0 Å². The third kappa shape index (κ3) is 4.32. The van der Waals surface area contributed by atoms with E-state index in [9.17, 15) is 0 Å². The first-order valence-corrected chi connectivity index (χ1v) is 4.21. The number of nitrogens with one attached hydrogen (secondary N) is 1. The Morgan fingerprint density at radius 1 is 1.31 bits per heavy atom. The highest BCUT2D eigenvalue weighted by Crippen LogP contribution is 1.98. The lowest BCUT2D eigenvalue weighted by atomic mass is 10.2. The second kappa shape index (κ2) is 6.24. The van der Waals surface area contributed by atoms with Crippen LogP contribution in [0.3, 0.4) is 0 Å². The lowest BCUT2D eigenvalue weighted by Crippen LogP contribution is -2.14. The second-order valence-electron chi connectivity index (χ2n) is 2.52. The average molecular weight is 175 g/mol. The van der Waals surface area contributed by atoms with Gasteiger partial charge in [0.25, 0.3) is 0 Å². The third-order valence-corrected chi connectivity index (χ3v) is 1.52. The van der Waals surface area contributed by atoms with Gasteiger partial charge in [0.15, 0.2) is 0 Å². The van der Waals surface area contributed by atoms with Crippen LogP contribution >= 0.6 is 0 Å². The molecule has 0 aliphatic carbocycles. The molecule has 0 bridgehead atoms. The monoisotopic (exact) mass is 175 g/mol. The van der Waals surface area contributed by atoms with Crippen LogP contribution in [0, 0.1) is 11.8 Å². The van der Waals surface area contributed by atoms with Gasteiger partial charge in [-0.3, -0.25) is 4.84 Å². The maximum absolute atomic E-state index is 5.17. The summed E-state index contributed by atoms with van der Waals surface area (Å²) in [7, 11) is 0. The van der Waals surface area contributed by atoms with Crippen LogP contribution in [0.1, 0.15) is 12.5 Å². The fourth-order valence-corrected chi connectivity index (χ4v) is 0.884. The van der Waals surface area contributed by atoms with E-state index < -0.39 is 0 Å². The van der Waals surface area contributed by atoms with Gasteiger partial charge in [-0.05, 0) is 12.5 Å². The van der Waals surface area contributed by atoms with Crippen molar-refractivity contribution in [1.82, 2.24) is 5.48 Å². The summed E-state index contributed by atoms with van der Waals surface area (Å²) in [6, 6.07) is 10.0. The summed E-state index contributed by atoms with van der Waals surface area (Å²) in [5.74, 6) is 5.62. The molecule has 0 amide bonds. The standard InChI is InChI=1S/C11H13NO/c1-2-3-9-12-13-10-11-7-5-4-6-8-11/h4-8,12H,9-10H2,1H3. The maximum Gasteiger partial charge on any atom is 0.0933 e. The molecule has 0 aromatic heterocycles. The predicted molar refractivity (Wildman–Crippen MR) is 52.7 cm³/mol. The van der Waals surface area contributed by atoms with Crippen LogP contribution in [0.2, 0.25) is 0 Å². The zero-order valence-electron chi connectivity index (χ0n) is 7.71. The van der Waals surface area contributed by atoms with E-state index in [0.717, 1.165) is 5.56 Å². The molecule has 0 saturated carbocycles. The molecule has 1 aromatic rings. The number of hydroxylamine groups is 1. The summed E-state index contributed by atoms with van der Waals surface area (Å²) in [5.41, 5.74) is 3.91. The molecule has 0 aliphatic rings. The Kier molecular flexibility index (Phi) is 4.70. The minimum Gasteiger partial charge on any atom is -0.296 e. The zero-order chi connectivity index (χ0) is 9.36. The van der Waals surface area contributed by atoms with Crippen molar-refractivity contribution in [3.05, 3.63) is 35.9 Å². The predicted octanol–water partition coefficient (Wildman–Crippen LogP) is 1.73. The Morgan fingerprint density at radius 3 is 2.77 bits per heavy atom. The Labute approximate surface area is 78.9 Å². The summed E-state index contributed by atoms with van der Waals surface area (Å²) < 4.78 is 0. The van der Waals surface area contributed by atoms with Crippen molar-refractivity contribution in [2.75, 3.05) is 6.54 Å². The molecule has 1 rings (SSSR count). The molecule has 68 valence electrons. The van der Waals surface area contributed by atoms with Gasteiger partial charge in [0.1, 0.15) is 0 Å². The highest BCUT2D eigenvalue weighted by atomic mass is 16.6. The van der Waals surface area contributed by atoms with E-state index in [4.69, 9.17) is 4.84 Å². The highest BCUT2D eigenvalue weighted by molar-refractivity contribution is 5.13. The van der Waals surface area contributed by atoms with E-state index in [-0.39, 0.29) is 0 Å². The Balaban J connectivity index is 2.16. The van der Waals surface area contributed by atoms with Crippen LogP contribution in [-0.2, 0) is 11.4 Å². The van der Waals surface area contributed by atoms with Crippen LogP contribution in [0.5, 0.6) is 0 Å². The Hall–Kier alpha value is -1.30. The van der Waals surface area contributed by atoms with Crippen molar-refractivity contribution in [3.63, 3.8) is 0 Å². The van der Waals surface area contributed by atoms with Crippen molar-refractivity contribution in [2.24, 2.45) is 0 Å². The van der Waals surface area contributed by atoms with Crippen molar-refractivity contribution < 1.29 is 4.84 Å². The molecule has 0 radical (unpaired) electrons. The van der Waals surface area contributed by atoms with E-state index >= 15 is 0 Å². The third-order valence-electron chi connectivity index (χ3n) is 1.52. The Morgan fingerprint density at radius 2 is 2.08 bits per heavy atom. The maximum atomic E-state index is 5.17. The second-order valence-corrected chi connectivity index (χ2v) is 2.52. The fourth-order valence-electron chi connectivity index (χ4n) is 0.884. The largest absolute Gasteiger partial charge is 0.296 e. The van der Waals surface area contributed by atoms with Gasteiger partial charge in [0.05, 0.1) is 13.2 Å². The van der Waals surface area contributed by atoms with Gasteiger partial charge in [-0.15, -0.1) is 5.92 Å². The van der Waals surface area contributed by atoms with Crippen molar-refractivity contribution in [1.29, 1.82) is 0 Å². The number of hydrogen-bond acceptors (Lipinski definition) is 2. The van der Waals surface area contributed by atoms with E-state index in [1.807, 2.05) is 30.3 Å². The zero-order valence-corrected chi connectivity index (χ0v) is 7.71. The molecular formula is C11H13NO. The van der Waals surface area contributed by atoms with Crippen LogP contribution < -0.4 is 5.48 Å². The van der Waals surface area contributed by atoms with Crippen LogP contribution in [0.15, 0.2) is 30.3 Å². The summed E-state index contributed by atoms with van der Waals surface area (Å²) in [5, 5.41) is 0. The highest BCUT2D eigenvalue weighted by Gasteiger charge is 1.88. The molecule has 0 spiro atoms. The molecule has 0 heterocycles. The van der Waals surface area contributed by atoms with Gasteiger partial charge in [0, 0.05) is 0 Å². The number of rotatable bonds is 4. The lowest BCUT2D eigenvalue weighted by molar-refractivity contribution is 0.0364. The van der Waals surface area contributed by atoms with E-state index in [1.54, 1.807) is 6.92 Å². The van der Waals surface area contributed by atoms with Gasteiger partial charge in [-0.1, -0.05) is 36.3 Å². The summed E-state index contributed by atoms with van der Waals surface area (Å²) >= 11 is 0. The van der Waals surface area contributed by atoms with E-state index in [1.165, 1.54) is 0 Å². The van der Waals surface area contributed by atoms with Crippen molar-refractivity contribution in [3.8, 4) is 11.8 Å². The minimum atomic E-state index is 0.573. The van der Waals surface area contributed by atoms with Gasteiger partial charge in [-0.2, -0.15) is 5.48 Å². The average Bonchev–Trinajstić information content (AvgIpc) is 2.19. The van der Waals surface area contributed by atoms with Gasteiger partial charge in [-0.25, -0.2) is 0 Å². The fraction of sp³-hybridized carbons (Fsp3) is 0.273. The summed E-state index contributed by atoms with van der Waals surface area (Å²) in [6.07, 6.45) is 0. The van der Waals surface area contributed by atoms with Crippen molar-refractivity contribution >= 4 is 0 Å². The smallest absolute Gasteiger partial charge is 0.0933 e. The molecule has 0 fully saturated rings. The van der Waals surface area contributed by atoms with Gasteiger partial charge in [0.2, 0.25) is 0 Å². The quantitative estimate of drug-likeness (QED) is 0.427. The Bertz CT molecular complexity index is 284. The topological polar surface area (TPSA) is 21.3 Å². The minimum absolute atomic E-state index is 0.573. The van der Waals surface area contributed by atoms with Crippen LogP contribution in [-0.4, -0.2) is 6.54 Å². The summed E-state index contributed by atoms with van der Waals surface area (Å²) in [6.45, 7) is 2.95. The molecule has 2 heteroatoms. The lowest BCUT2D eigenvalue weighted by Gasteiger charge is -2.01. The first-order chi connectivity index (χ1) is 6.43. The number of hydrogen-bond donors (Lipinski definition) is 1. The molecule has 0 unspecified atom stereocenters. The van der Waals surface area contributed by atoms with Crippen LogP contribution in [0.25, 0.3) is 0 Å². The van der Waals surface area contributed by atoms with Crippen molar-refractivity contribution in [2.45, 2.75) is 13.5 Å². The normalized spacial score (nSPS) is 9.00. The molecule has 2 nitrogen and oxygen atoms in total. The summed E-state index contributed by atoms with van der Waals surface area (Å²) in [4.78, 5) is 5.17. The van der Waals surface area contributed by atoms with E-state index in [0.29, 0.717) is 13.2 Å². The van der Waals surface area contributed by atoms with Gasteiger partial charge >= 0.3 is 0 Å². The van der Waals surface area contributed by atoms with E-state index in [2.05, 4.69) is 17.3 Å². The molecule has 0 atom stereocenters. The van der Waals surface area contributed by atoms with Crippen LogP contribution in [0.4, 0.5) is 0 Å². The molecule has 1 aromatic carbocycles. The number of benzene rings is 1. The molecule has 0 aliphatic heterocycles. The molecule has 0 saturated heterocycles. The first-order valence-electron chi connectivity index (χ1n) is 4.21. The molecular weight excluding hydrogens is 162 g/mol.